The van der Waals surface area contributed by atoms with Gasteiger partial charge in [-0.05, 0) is 54.7 Å². The van der Waals surface area contributed by atoms with E-state index in [0.717, 1.165) is 12.0 Å². The van der Waals surface area contributed by atoms with E-state index in [1.807, 2.05) is 19.9 Å². The number of phenolic OH excluding ortho intramolecular Hbond substituents is 1. The van der Waals surface area contributed by atoms with Crippen molar-refractivity contribution in [2.75, 3.05) is 0 Å². The predicted molar refractivity (Wildman–Crippen MR) is 124 cm³/mol. The van der Waals surface area contributed by atoms with Crippen molar-refractivity contribution in [3.63, 3.8) is 0 Å². The van der Waals surface area contributed by atoms with Crippen LogP contribution in [0.4, 0.5) is 0 Å². The van der Waals surface area contributed by atoms with E-state index < -0.39 is 57.9 Å². The number of hydrogen-bond donors (Lipinski definition) is 5. The highest BCUT2D eigenvalue weighted by Gasteiger charge is 2.64. The van der Waals surface area contributed by atoms with Gasteiger partial charge < -0.3 is 26.2 Å². The fourth-order valence-electron chi connectivity index (χ4n) is 6.27. The number of primary amides is 1. The number of aromatic hydroxyl groups is 1. The minimum absolute atomic E-state index is 0.107. The molecule has 0 unspecified atom stereocenters. The summed E-state index contributed by atoms with van der Waals surface area (Å²) < 4.78 is 0. The predicted octanol–water partition coefficient (Wildman–Crippen LogP) is 2.57. The normalized spacial score (nSPS) is 28.7. The highest BCUT2D eigenvalue weighted by atomic mass is 16.3. The molecule has 1 aromatic rings. The van der Waals surface area contributed by atoms with Gasteiger partial charge in [0, 0.05) is 17.4 Å². The number of hydrogen-bond acceptors (Lipinski definition) is 7. The van der Waals surface area contributed by atoms with Crippen LogP contribution in [-0.2, 0) is 27.2 Å². The first-order valence-corrected chi connectivity index (χ1v) is 11.7. The molecule has 34 heavy (non-hydrogen) atoms. The number of carbonyl (C=O) groups is 3. The molecule has 1 fully saturated rings. The van der Waals surface area contributed by atoms with Crippen LogP contribution in [0.2, 0.25) is 0 Å². The zero-order valence-electron chi connectivity index (χ0n) is 19.8. The van der Waals surface area contributed by atoms with Crippen molar-refractivity contribution in [1.29, 1.82) is 0 Å². The number of Topliss-reactive ketones (excluding diaryl/α,β-unsaturated/α-hetero) is 2. The van der Waals surface area contributed by atoms with E-state index in [-0.39, 0.29) is 29.2 Å². The topological polar surface area (TPSA) is 158 Å². The Hall–Kier alpha value is -3.13. The molecular weight excluding hydrogens is 438 g/mol. The lowest BCUT2D eigenvalue weighted by Crippen LogP contribution is -2.62. The number of amides is 1. The van der Waals surface area contributed by atoms with Crippen LogP contribution in [0.1, 0.15) is 55.9 Å². The maximum absolute atomic E-state index is 13.8. The molecule has 8 nitrogen and oxygen atoms in total. The Kier molecular flexibility index (Phi) is 5.63. The maximum atomic E-state index is 13.8. The van der Waals surface area contributed by atoms with Gasteiger partial charge in [0.05, 0.1) is 5.56 Å². The highest BCUT2D eigenvalue weighted by Crippen LogP contribution is 2.55. The second-order valence-corrected chi connectivity index (χ2v) is 10.1. The zero-order chi connectivity index (χ0) is 25.3. The highest BCUT2D eigenvalue weighted by molar-refractivity contribution is 6.23. The van der Waals surface area contributed by atoms with E-state index in [1.54, 1.807) is 13.8 Å². The molecule has 0 spiro atoms. The van der Waals surface area contributed by atoms with Gasteiger partial charge in [0.25, 0.3) is 5.91 Å². The van der Waals surface area contributed by atoms with Crippen LogP contribution in [-0.4, -0.2) is 43.5 Å². The second kappa shape index (κ2) is 7.98. The number of benzene rings is 1. The van der Waals surface area contributed by atoms with Crippen molar-refractivity contribution in [3.05, 3.63) is 45.2 Å². The molecule has 8 heteroatoms. The number of carbonyl (C=O) groups excluding carboxylic acids is 3. The Bertz CT molecular complexity index is 1190. The lowest BCUT2D eigenvalue weighted by atomic mass is 9.54. The molecule has 0 saturated heterocycles. The van der Waals surface area contributed by atoms with E-state index in [1.165, 1.54) is 0 Å². The Labute approximate surface area is 197 Å². The fraction of sp³-hybridized carbons (Fsp3) is 0.500. The molecule has 3 aliphatic rings. The average Bonchev–Trinajstić information content (AvgIpc) is 2.74. The first kappa shape index (κ1) is 24.0. The molecule has 6 N–H and O–H groups in total. The SMILES string of the molecule is CCCc1cc(C)c2c(c1O)C(O)=C1C(=O)[C@]3(O)C(O)=C(C(N)=O)C(=O)[C@@H](C(C)C)[C@@H]3C[C@@H]1C2. The Morgan fingerprint density at radius 2 is 1.88 bits per heavy atom. The Morgan fingerprint density at radius 1 is 1.24 bits per heavy atom. The maximum Gasteiger partial charge on any atom is 0.255 e. The standard InChI is InChI=1S/C26H31NO7/c1-5-6-12-7-11(4)14-8-13-9-15-16(10(2)3)21(29)19(25(27)33)24(32)26(15,34)23(31)17(13)22(30)18(14)20(12)28/h7,10,13,15-16,28,30,32,34H,5-6,8-9H2,1-4H3,(H2,27,33)/t13-,15-,16-,26-/m0/s1. The van der Waals surface area contributed by atoms with Crippen molar-refractivity contribution >= 4 is 23.2 Å². The van der Waals surface area contributed by atoms with Gasteiger partial charge in [0.2, 0.25) is 5.78 Å². The van der Waals surface area contributed by atoms with Gasteiger partial charge in [-0.15, -0.1) is 0 Å². The summed E-state index contributed by atoms with van der Waals surface area (Å²) in [5.74, 6) is -7.27. The van der Waals surface area contributed by atoms with Crippen molar-refractivity contribution in [3.8, 4) is 5.75 Å². The molecule has 1 amide bonds. The smallest absolute Gasteiger partial charge is 0.255 e. The van der Waals surface area contributed by atoms with Gasteiger partial charge in [-0.3, -0.25) is 14.4 Å². The van der Waals surface area contributed by atoms with Crippen molar-refractivity contribution in [2.45, 2.75) is 59.0 Å². The molecule has 4 atom stereocenters. The van der Waals surface area contributed by atoms with Crippen LogP contribution in [0, 0.1) is 30.6 Å². The van der Waals surface area contributed by atoms with Gasteiger partial charge >= 0.3 is 0 Å². The first-order valence-electron chi connectivity index (χ1n) is 11.7. The quantitative estimate of drug-likeness (QED) is 0.424. The van der Waals surface area contributed by atoms with Crippen molar-refractivity contribution in [1.82, 2.24) is 0 Å². The van der Waals surface area contributed by atoms with Crippen LogP contribution >= 0.6 is 0 Å². The number of phenols is 1. The van der Waals surface area contributed by atoms with E-state index in [2.05, 4.69) is 0 Å². The summed E-state index contributed by atoms with van der Waals surface area (Å²) in [6.45, 7) is 7.32. The Balaban J connectivity index is 1.98. The minimum atomic E-state index is -2.57. The van der Waals surface area contributed by atoms with Crippen LogP contribution in [0.25, 0.3) is 5.76 Å². The number of nitrogens with two attached hydrogens (primary N) is 1. The largest absolute Gasteiger partial charge is 0.508 e. The molecule has 0 aliphatic heterocycles. The molecule has 3 aliphatic carbocycles. The Morgan fingerprint density at radius 3 is 2.44 bits per heavy atom. The molecule has 0 radical (unpaired) electrons. The van der Waals surface area contributed by atoms with Crippen molar-refractivity contribution < 1.29 is 34.8 Å². The molecule has 0 bridgehead atoms. The van der Waals surface area contributed by atoms with E-state index in [0.29, 0.717) is 24.0 Å². The summed E-state index contributed by atoms with van der Waals surface area (Å²) in [5, 5.41) is 44.6. The number of aryl methyl sites for hydroxylation is 2. The molecule has 1 aromatic carbocycles. The minimum Gasteiger partial charge on any atom is -0.508 e. The fourth-order valence-corrected chi connectivity index (χ4v) is 6.27. The third kappa shape index (κ3) is 3.04. The summed E-state index contributed by atoms with van der Waals surface area (Å²) in [5.41, 5.74) is 4.28. The van der Waals surface area contributed by atoms with Gasteiger partial charge in [-0.1, -0.05) is 33.3 Å². The van der Waals surface area contributed by atoms with Gasteiger partial charge in [0.1, 0.15) is 22.8 Å². The van der Waals surface area contributed by atoms with Gasteiger partial charge in [0.15, 0.2) is 11.4 Å². The molecule has 0 heterocycles. The van der Waals surface area contributed by atoms with Gasteiger partial charge in [-0.2, -0.15) is 0 Å². The zero-order valence-corrected chi connectivity index (χ0v) is 19.8. The first-order chi connectivity index (χ1) is 15.9. The van der Waals surface area contributed by atoms with Crippen molar-refractivity contribution in [2.24, 2.45) is 29.4 Å². The lowest BCUT2D eigenvalue weighted by molar-refractivity contribution is -0.155. The number of aliphatic hydroxyl groups excluding tert-OH is 2. The summed E-state index contributed by atoms with van der Waals surface area (Å²) in [7, 11) is 0. The monoisotopic (exact) mass is 469 g/mol. The third-order valence-corrected chi connectivity index (χ3v) is 7.79. The number of aliphatic hydroxyl groups is 3. The molecule has 1 saturated carbocycles. The average molecular weight is 470 g/mol. The summed E-state index contributed by atoms with van der Waals surface area (Å²) in [6, 6.07) is 1.88. The van der Waals surface area contributed by atoms with E-state index in [9.17, 15) is 34.8 Å². The van der Waals surface area contributed by atoms with Crippen LogP contribution in [0.15, 0.2) is 23.0 Å². The molecule has 4 rings (SSSR count). The second-order valence-electron chi connectivity index (χ2n) is 10.1. The number of ketones is 2. The van der Waals surface area contributed by atoms with Gasteiger partial charge in [-0.25, -0.2) is 0 Å². The molecule has 182 valence electrons. The number of rotatable bonds is 4. The van der Waals surface area contributed by atoms with Crippen LogP contribution in [0.5, 0.6) is 5.75 Å². The lowest BCUT2D eigenvalue weighted by Gasteiger charge is -2.50. The summed E-state index contributed by atoms with van der Waals surface area (Å²) >= 11 is 0. The van der Waals surface area contributed by atoms with E-state index in [4.69, 9.17) is 5.73 Å². The van der Waals surface area contributed by atoms with E-state index >= 15 is 0 Å². The summed E-state index contributed by atoms with van der Waals surface area (Å²) in [4.78, 5) is 38.9. The summed E-state index contributed by atoms with van der Waals surface area (Å²) in [6.07, 6.45) is 1.80. The molecule has 0 aromatic heterocycles. The molecular formula is C26H31NO7. The number of fused-ring (bicyclic) bond motifs is 3. The third-order valence-electron chi connectivity index (χ3n) is 7.79. The van der Waals surface area contributed by atoms with Crippen LogP contribution in [0.3, 0.4) is 0 Å². The van der Waals surface area contributed by atoms with Crippen LogP contribution < -0.4 is 5.73 Å².